The smallest absolute Gasteiger partial charge is 0.133 e. The minimum absolute atomic E-state index is 0.501. The molecule has 0 saturated carbocycles. The van der Waals surface area contributed by atoms with E-state index in [9.17, 15) is 4.79 Å². The van der Waals surface area contributed by atoms with E-state index >= 15 is 0 Å². The number of ether oxygens (including phenoxy) is 1. The third-order valence-corrected chi connectivity index (χ3v) is 3.97. The first-order valence-electron chi connectivity index (χ1n) is 7.09. The van der Waals surface area contributed by atoms with Crippen molar-refractivity contribution in [3.05, 3.63) is 35.6 Å². The molecule has 0 aromatic rings. The number of hydrogen-bond acceptors (Lipinski definition) is 3. The van der Waals surface area contributed by atoms with Gasteiger partial charge >= 0.3 is 0 Å². The van der Waals surface area contributed by atoms with Crippen LogP contribution in [-0.2, 0) is 9.53 Å². The van der Waals surface area contributed by atoms with Gasteiger partial charge in [-0.15, -0.1) is 0 Å². The summed E-state index contributed by atoms with van der Waals surface area (Å²) in [5.41, 5.74) is 1.30. The summed E-state index contributed by atoms with van der Waals surface area (Å²) >= 11 is 0. The molecule has 104 valence electrons. The van der Waals surface area contributed by atoms with E-state index in [1.807, 2.05) is 0 Å². The molecule has 3 heteroatoms. The average Bonchev–Trinajstić information content (AvgIpc) is 2.98. The Balaban J connectivity index is 1.90. The third kappa shape index (κ3) is 3.57. The van der Waals surface area contributed by atoms with Crippen LogP contribution in [0.25, 0.3) is 0 Å². The number of carbonyl (C=O) groups is 1. The van der Waals surface area contributed by atoms with Gasteiger partial charge in [-0.2, -0.15) is 0 Å². The molecule has 0 radical (unpaired) electrons. The summed E-state index contributed by atoms with van der Waals surface area (Å²) in [5.74, 6) is 1.55. The van der Waals surface area contributed by atoms with E-state index in [0.29, 0.717) is 18.5 Å². The molecular weight excluding hydrogens is 238 g/mol. The molecule has 2 heterocycles. The fourth-order valence-electron chi connectivity index (χ4n) is 2.86. The Labute approximate surface area is 115 Å². The predicted molar refractivity (Wildman–Crippen MR) is 76.8 cm³/mol. The summed E-state index contributed by atoms with van der Waals surface area (Å²) in [7, 11) is 0. The van der Waals surface area contributed by atoms with E-state index in [1.54, 1.807) is 0 Å². The number of nitrogens with zero attached hydrogens (tertiary/aromatic N) is 1. The Hall–Kier alpha value is -1.35. The first-order valence-corrected chi connectivity index (χ1v) is 7.09. The van der Waals surface area contributed by atoms with Crippen LogP contribution in [0.2, 0.25) is 0 Å². The first kappa shape index (κ1) is 14.1. The lowest BCUT2D eigenvalue weighted by atomic mass is 10.1. The van der Waals surface area contributed by atoms with Gasteiger partial charge in [-0.05, 0) is 37.8 Å². The van der Waals surface area contributed by atoms with Crippen LogP contribution in [0.4, 0.5) is 0 Å². The lowest BCUT2D eigenvalue weighted by Crippen LogP contribution is -2.28. The molecule has 0 aromatic heterocycles. The van der Waals surface area contributed by atoms with E-state index in [0.717, 1.165) is 38.0 Å². The van der Waals surface area contributed by atoms with Crippen molar-refractivity contribution in [1.29, 1.82) is 0 Å². The molecule has 0 N–H and O–H groups in total. The van der Waals surface area contributed by atoms with Crippen LogP contribution in [0.15, 0.2) is 35.6 Å². The second-order valence-electron chi connectivity index (χ2n) is 5.29. The Morgan fingerprint density at radius 3 is 3.05 bits per heavy atom. The second kappa shape index (κ2) is 6.71. The standard InChI is InChI=1S/C16H23NO2/c1-3-15-7-10-19-16(15)6-4-5-14-11-13(2)17(12-14)8-9-18/h3-6,9,13-14H,7-8,10-12H2,1-2H3/b5-4+,15-3-,16-6+/t13-,14+/m0/s1. The van der Waals surface area contributed by atoms with Crippen LogP contribution in [0.1, 0.15) is 26.7 Å². The van der Waals surface area contributed by atoms with Crippen LogP contribution in [0.5, 0.6) is 0 Å². The Morgan fingerprint density at radius 1 is 1.47 bits per heavy atom. The Bertz CT molecular complexity index is 409. The van der Waals surface area contributed by atoms with Gasteiger partial charge < -0.3 is 9.53 Å². The van der Waals surface area contributed by atoms with E-state index in [2.05, 4.69) is 43.1 Å². The first-order chi connectivity index (χ1) is 9.24. The van der Waals surface area contributed by atoms with Crippen LogP contribution < -0.4 is 0 Å². The molecule has 2 fully saturated rings. The summed E-state index contributed by atoms with van der Waals surface area (Å²) in [5, 5.41) is 0. The number of carbonyl (C=O) groups excluding carboxylic acids is 1. The van der Waals surface area contributed by atoms with Crippen molar-refractivity contribution in [1.82, 2.24) is 4.90 Å². The van der Waals surface area contributed by atoms with Crippen LogP contribution in [0.3, 0.4) is 0 Å². The highest BCUT2D eigenvalue weighted by Crippen LogP contribution is 2.25. The van der Waals surface area contributed by atoms with E-state index in [4.69, 9.17) is 4.74 Å². The van der Waals surface area contributed by atoms with Crippen molar-refractivity contribution in [3.8, 4) is 0 Å². The lowest BCUT2D eigenvalue weighted by molar-refractivity contribution is -0.109. The quantitative estimate of drug-likeness (QED) is 0.729. The zero-order valence-corrected chi connectivity index (χ0v) is 11.8. The molecule has 0 spiro atoms. The van der Waals surface area contributed by atoms with Crippen LogP contribution >= 0.6 is 0 Å². The van der Waals surface area contributed by atoms with Gasteiger partial charge in [0.25, 0.3) is 0 Å². The molecule has 3 nitrogen and oxygen atoms in total. The molecule has 0 bridgehead atoms. The molecule has 2 aliphatic heterocycles. The van der Waals surface area contributed by atoms with Gasteiger partial charge in [0.15, 0.2) is 0 Å². The Morgan fingerprint density at radius 2 is 2.32 bits per heavy atom. The third-order valence-electron chi connectivity index (χ3n) is 3.97. The fourth-order valence-corrected chi connectivity index (χ4v) is 2.86. The number of hydrogen-bond donors (Lipinski definition) is 0. The fraction of sp³-hybridized carbons (Fsp3) is 0.562. The van der Waals surface area contributed by atoms with Crippen molar-refractivity contribution in [3.63, 3.8) is 0 Å². The monoisotopic (exact) mass is 261 g/mol. The maximum Gasteiger partial charge on any atom is 0.133 e. The number of allylic oxidation sites excluding steroid dienone is 4. The maximum absolute atomic E-state index is 10.6. The molecule has 0 amide bonds. The summed E-state index contributed by atoms with van der Waals surface area (Å²) in [6.07, 6.45) is 11.7. The van der Waals surface area contributed by atoms with Gasteiger partial charge in [-0.1, -0.05) is 18.2 Å². The zero-order valence-electron chi connectivity index (χ0n) is 11.8. The summed E-state index contributed by atoms with van der Waals surface area (Å²) in [4.78, 5) is 12.8. The molecule has 2 saturated heterocycles. The van der Waals surface area contributed by atoms with Crippen LogP contribution in [0, 0.1) is 5.92 Å². The van der Waals surface area contributed by atoms with E-state index in [1.165, 1.54) is 5.57 Å². The predicted octanol–water partition coefficient (Wildman–Crippen LogP) is 2.70. The van der Waals surface area contributed by atoms with Gasteiger partial charge in [0.05, 0.1) is 13.2 Å². The minimum atomic E-state index is 0.501. The molecule has 19 heavy (non-hydrogen) atoms. The molecule has 2 atom stereocenters. The normalized spacial score (nSPS) is 32.5. The summed E-state index contributed by atoms with van der Waals surface area (Å²) in [6.45, 7) is 6.58. The lowest BCUT2D eigenvalue weighted by Gasteiger charge is -2.16. The highest BCUT2D eigenvalue weighted by atomic mass is 16.5. The van der Waals surface area contributed by atoms with Gasteiger partial charge in [-0.3, -0.25) is 4.90 Å². The van der Waals surface area contributed by atoms with Crippen molar-refractivity contribution >= 4 is 6.29 Å². The largest absolute Gasteiger partial charge is 0.493 e. The molecule has 2 aliphatic rings. The Kier molecular flexibility index (Phi) is 4.97. The van der Waals surface area contributed by atoms with E-state index < -0.39 is 0 Å². The number of aldehydes is 1. The molecule has 0 aromatic carbocycles. The van der Waals surface area contributed by atoms with Gasteiger partial charge in [0.2, 0.25) is 0 Å². The maximum atomic E-state index is 10.6. The van der Waals surface area contributed by atoms with Crippen molar-refractivity contribution in [2.24, 2.45) is 5.92 Å². The van der Waals surface area contributed by atoms with Gasteiger partial charge in [0.1, 0.15) is 12.0 Å². The molecule has 2 rings (SSSR count). The average molecular weight is 261 g/mol. The van der Waals surface area contributed by atoms with Gasteiger partial charge in [-0.25, -0.2) is 0 Å². The zero-order chi connectivity index (χ0) is 13.7. The van der Waals surface area contributed by atoms with Crippen molar-refractivity contribution in [2.45, 2.75) is 32.7 Å². The molecule has 0 unspecified atom stereocenters. The number of rotatable bonds is 4. The second-order valence-corrected chi connectivity index (χ2v) is 5.29. The van der Waals surface area contributed by atoms with Crippen molar-refractivity contribution < 1.29 is 9.53 Å². The SMILES string of the molecule is C/C=C1/CCO/C1=C/C=C/[C@@H]1C[C@H](C)N(CC=O)C1. The highest BCUT2D eigenvalue weighted by Gasteiger charge is 2.26. The molecule has 0 aliphatic carbocycles. The topological polar surface area (TPSA) is 29.5 Å². The van der Waals surface area contributed by atoms with Gasteiger partial charge in [0, 0.05) is 19.0 Å². The summed E-state index contributed by atoms with van der Waals surface area (Å²) < 4.78 is 5.59. The highest BCUT2D eigenvalue weighted by molar-refractivity contribution is 5.52. The van der Waals surface area contributed by atoms with Crippen LogP contribution in [-0.4, -0.2) is 36.9 Å². The number of likely N-dealkylation sites (tertiary alicyclic amines) is 1. The minimum Gasteiger partial charge on any atom is -0.493 e. The van der Waals surface area contributed by atoms with E-state index in [-0.39, 0.29) is 0 Å². The molecular formula is C16H23NO2. The van der Waals surface area contributed by atoms with Crippen molar-refractivity contribution in [2.75, 3.05) is 19.7 Å². The summed E-state index contributed by atoms with van der Waals surface area (Å²) in [6, 6.07) is 0.501.